The van der Waals surface area contributed by atoms with E-state index in [1.807, 2.05) is 18.2 Å². The van der Waals surface area contributed by atoms with Gasteiger partial charge in [-0.3, -0.25) is 0 Å². The molecule has 0 N–H and O–H groups in total. The van der Waals surface area contributed by atoms with Crippen molar-refractivity contribution in [3.8, 4) is 34.1 Å². The molecule has 0 heterocycles. The summed E-state index contributed by atoms with van der Waals surface area (Å²) in [5.41, 5.74) is 4.18. The maximum atomic E-state index is 6.78. The summed E-state index contributed by atoms with van der Waals surface area (Å²) in [6.07, 6.45) is 6.93. The minimum absolute atomic E-state index is 0.317. The zero-order valence-electron chi connectivity index (χ0n) is 35.9. The zero-order valence-corrected chi connectivity index (χ0v) is 35.9. The third-order valence-electron chi connectivity index (χ3n) is 10.4. The molecule has 8 nitrogen and oxygen atoms in total. The summed E-state index contributed by atoms with van der Waals surface area (Å²) in [6, 6.07) is 39.8. The van der Waals surface area contributed by atoms with Gasteiger partial charge in [-0.2, -0.15) is 0 Å². The molecule has 0 aliphatic heterocycles. The highest BCUT2D eigenvalue weighted by molar-refractivity contribution is 5.96. The van der Waals surface area contributed by atoms with Gasteiger partial charge in [0.2, 0.25) is 0 Å². The van der Waals surface area contributed by atoms with Crippen LogP contribution in [-0.2, 0) is 24.4 Å². The van der Waals surface area contributed by atoms with E-state index in [2.05, 4.69) is 130 Å². The molecule has 62 heavy (non-hydrogen) atoms. The Morgan fingerprint density at radius 3 is 1.23 bits per heavy atom. The predicted octanol–water partition coefficient (Wildman–Crippen LogP) is 11.3. The molecule has 6 aromatic carbocycles. The quantitative estimate of drug-likeness (QED) is 0.0275. The average Bonchev–Trinajstić information content (AvgIpc) is 3.31. The summed E-state index contributed by atoms with van der Waals surface area (Å²) >= 11 is 0. The third kappa shape index (κ3) is 11.6. The van der Waals surface area contributed by atoms with Gasteiger partial charge in [0.25, 0.3) is 0 Å². The van der Waals surface area contributed by atoms with E-state index in [1.165, 1.54) is 0 Å². The molecule has 0 atom stereocenters. The molecular weight excluding hydrogens is 777 g/mol. The van der Waals surface area contributed by atoms with Gasteiger partial charge in [-0.05, 0) is 81.6 Å². The van der Waals surface area contributed by atoms with E-state index in [9.17, 15) is 0 Å². The van der Waals surface area contributed by atoms with Crippen LogP contribution in [0.25, 0.3) is 32.7 Å². The Morgan fingerprint density at radius 1 is 0.419 bits per heavy atom. The molecule has 0 aliphatic carbocycles. The van der Waals surface area contributed by atoms with E-state index in [0.29, 0.717) is 102 Å². The van der Waals surface area contributed by atoms with E-state index >= 15 is 0 Å². The van der Waals surface area contributed by atoms with Crippen LogP contribution in [0.2, 0.25) is 0 Å². The van der Waals surface area contributed by atoms with Crippen molar-refractivity contribution in [3.05, 3.63) is 183 Å². The SMILES string of the molecule is C=CCOCCOc1ccc2ccc(OCCOCC=C)c(C(C)(c3ccc(-c4ccccc4)cc3)c3c(OCCOCC=C)ccc4ccc(OCCOCC=C)cc34)c2c1. The lowest BCUT2D eigenvalue weighted by Crippen LogP contribution is -2.28. The first-order valence-corrected chi connectivity index (χ1v) is 21.1. The van der Waals surface area contributed by atoms with Crippen LogP contribution in [0, 0.1) is 0 Å². The van der Waals surface area contributed by atoms with Crippen molar-refractivity contribution in [2.45, 2.75) is 12.3 Å². The molecule has 0 fully saturated rings. The first-order chi connectivity index (χ1) is 30.5. The molecule has 0 radical (unpaired) electrons. The Bertz CT molecular complexity index is 2240. The Kier molecular flexibility index (Phi) is 17.4. The summed E-state index contributed by atoms with van der Waals surface area (Å²) in [5, 5.41) is 3.94. The highest BCUT2D eigenvalue weighted by Gasteiger charge is 2.40. The Morgan fingerprint density at radius 2 is 0.806 bits per heavy atom. The number of hydrogen-bond donors (Lipinski definition) is 0. The molecule has 0 aromatic heterocycles. The van der Waals surface area contributed by atoms with Crippen molar-refractivity contribution in [1.29, 1.82) is 0 Å². The van der Waals surface area contributed by atoms with Crippen LogP contribution in [0.1, 0.15) is 23.6 Å². The monoisotopic (exact) mass is 834 g/mol. The summed E-state index contributed by atoms with van der Waals surface area (Å²) in [6.45, 7) is 22.1. The van der Waals surface area contributed by atoms with Crippen LogP contribution in [0.15, 0.2) is 166 Å². The van der Waals surface area contributed by atoms with Crippen LogP contribution in [0.3, 0.4) is 0 Å². The first kappa shape index (κ1) is 45.4. The van der Waals surface area contributed by atoms with Crippen LogP contribution < -0.4 is 18.9 Å². The Labute approximate surface area is 366 Å². The normalized spacial score (nSPS) is 11.3. The molecule has 0 spiro atoms. The van der Waals surface area contributed by atoms with Gasteiger partial charge in [-0.15, -0.1) is 26.3 Å². The maximum Gasteiger partial charge on any atom is 0.124 e. The van der Waals surface area contributed by atoms with Gasteiger partial charge in [-0.25, -0.2) is 0 Å². The lowest BCUT2D eigenvalue weighted by atomic mass is 9.67. The fourth-order valence-corrected chi connectivity index (χ4v) is 7.57. The van der Waals surface area contributed by atoms with Gasteiger partial charge in [0.05, 0.1) is 58.3 Å². The molecule has 0 bridgehead atoms. The molecule has 6 aromatic rings. The number of hydrogen-bond acceptors (Lipinski definition) is 8. The topological polar surface area (TPSA) is 73.8 Å². The standard InChI is InChI=1S/C54H58O8/c1-6-27-55-31-35-59-46-23-17-43-19-25-50(61-37-33-57-29-8-3)52(48(43)39-46)54(5,45-21-15-42(16-22-45)41-13-11-10-12-14-41)53-49-40-47(60-36-32-56-28-7-2)24-18-44(49)20-26-51(53)62-38-34-58-30-9-4/h6-26,39-40H,1-4,27-38H2,5H3. The smallest absolute Gasteiger partial charge is 0.124 e. The third-order valence-corrected chi connectivity index (χ3v) is 10.4. The number of fused-ring (bicyclic) bond motifs is 2. The molecule has 0 amide bonds. The molecule has 0 saturated carbocycles. The summed E-state index contributed by atoms with van der Waals surface area (Å²) in [7, 11) is 0. The van der Waals surface area contributed by atoms with E-state index in [-0.39, 0.29) is 0 Å². The fourth-order valence-electron chi connectivity index (χ4n) is 7.57. The van der Waals surface area contributed by atoms with Gasteiger partial charge in [0.15, 0.2) is 0 Å². The molecule has 6 rings (SSSR count). The van der Waals surface area contributed by atoms with E-state index in [1.54, 1.807) is 24.3 Å². The summed E-state index contributed by atoms with van der Waals surface area (Å²) in [5.74, 6) is 2.81. The molecule has 322 valence electrons. The summed E-state index contributed by atoms with van der Waals surface area (Å²) in [4.78, 5) is 0. The van der Waals surface area contributed by atoms with Crippen LogP contribution >= 0.6 is 0 Å². The van der Waals surface area contributed by atoms with E-state index in [4.69, 9.17) is 37.9 Å². The van der Waals surface area contributed by atoms with E-state index < -0.39 is 5.41 Å². The lowest BCUT2D eigenvalue weighted by Gasteiger charge is -2.37. The van der Waals surface area contributed by atoms with E-state index in [0.717, 1.165) is 49.4 Å². The van der Waals surface area contributed by atoms with Crippen molar-refractivity contribution in [2.24, 2.45) is 0 Å². The molecule has 8 heteroatoms. The Hall–Kier alpha value is -6.16. The van der Waals surface area contributed by atoms with Gasteiger partial charge < -0.3 is 37.9 Å². The Balaban J connectivity index is 1.62. The van der Waals surface area contributed by atoms with Crippen molar-refractivity contribution < 1.29 is 37.9 Å². The van der Waals surface area contributed by atoms with Crippen LogP contribution in [0.4, 0.5) is 0 Å². The number of ether oxygens (including phenoxy) is 8. The van der Waals surface area contributed by atoms with Crippen molar-refractivity contribution in [3.63, 3.8) is 0 Å². The van der Waals surface area contributed by atoms with Gasteiger partial charge >= 0.3 is 0 Å². The first-order valence-electron chi connectivity index (χ1n) is 21.1. The highest BCUT2D eigenvalue weighted by Crippen LogP contribution is 2.52. The number of benzene rings is 6. The molecular formula is C54H58O8. The second-order valence-corrected chi connectivity index (χ2v) is 14.6. The molecule has 0 saturated heterocycles. The second-order valence-electron chi connectivity index (χ2n) is 14.6. The maximum absolute atomic E-state index is 6.78. The zero-order chi connectivity index (χ0) is 43.4. The van der Waals surface area contributed by atoms with Crippen LogP contribution in [-0.4, -0.2) is 79.3 Å². The lowest BCUT2D eigenvalue weighted by molar-refractivity contribution is 0.119. The van der Waals surface area contributed by atoms with Crippen molar-refractivity contribution in [1.82, 2.24) is 0 Å². The highest BCUT2D eigenvalue weighted by atomic mass is 16.5. The summed E-state index contributed by atoms with van der Waals surface area (Å²) < 4.78 is 49.1. The fraction of sp³-hybridized carbons (Fsp3) is 0.259. The van der Waals surface area contributed by atoms with Crippen molar-refractivity contribution in [2.75, 3.05) is 79.3 Å². The minimum Gasteiger partial charge on any atom is -0.491 e. The second kappa shape index (κ2) is 23.7. The van der Waals surface area contributed by atoms with Gasteiger partial charge in [0, 0.05) is 11.1 Å². The number of rotatable bonds is 28. The van der Waals surface area contributed by atoms with Gasteiger partial charge in [-0.1, -0.05) is 103 Å². The van der Waals surface area contributed by atoms with Crippen LogP contribution in [0.5, 0.6) is 23.0 Å². The molecule has 0 aliphatic rings. The predicted molar refractivity (Wildman–Crippen MR) is 251 cm³/mol. The molecule has 0 unspecified atom stereocenters. The minimum atomic E-state index is -0.930. The largest absolute Gasteiger partial charge is 0.491 e. The average molecular weight is 835 g/mol. The van der Waals surface area contributed by atoms with Crippen molar-refractivity contribution >= 4 is 21.5 Å². The van der Waals surface area contributed by atoms with Gasteiger partial charge in [0.1, 0.15) is 49.4 Å².